The lowest BCUT2D eigenvalue weighted by Gasteiger charge is -2.44. The Kier molecular flexibility index (Phi) is 3.74. The number of piperidine rings is 1. The first-order chi connectivity index (χ1) is 9.15. The van der Waals surface area contributed by atoms with Crippen LogP contribution in [0.15, 0.2) is 6.07 Å². The van der Waals surface area contributed by atoms with Gasteiger partial charge in [-0.05, 0) is 25.5 Å². The molecule has 3 heterocycles. The highest BCUT2D eigenvalue weighted by molar-refractivity contribution is 6.37. The van der Waals surface area contributed by atoms with Crippen molar-refractivity contribution < 1.29 is 0 Å². The van der Waals surface area contributed by atoms with Gasteiger partial charge in [0.15, 0.2) is 0 Å². The minimum Gasteiger partial charge on any atom is -0.382 e. The lowest BCUT2D eigenvalue weighted by molar-refractivity contribution is 0.133. The van der Waals surface area contributed by atoms with E-state index in [9.17, 15) is 0 Å². The summed E-state index contributed by atoms with van der Waals surface area (Å²) < 4.78 is 0. The molecule has 0 aliphatic carbocycles. The average Bonchev–Trinajstić information content (AvgIpc) is 2.42. The summed E-state index contributed by atoms with van der Waals surface area (Å²) in [4.78, 5) is 9.17. The van der Waals surface area contributed by atoms with Crippen molar-refractivity contribution in [2.45, 2.75) is 25.3 Å². The molecular weight excluding hydrogens is 283 g/mol. The molecule has 0 spiro atoms. The minimum absolute atomic E-state index is 0.354. The van der Waals surface area contributed by atoms with Crippen LogP contribution in [-0.4, -0.2) is 42.1 Å². The number of halogens is 2. The van der Waals surface area contributed by atoms with Gasteiger partial charge in [0.25, 0.3) is 0 Å². The summed E-state index contributed by atoms with van der Waals surface area (Å²) in [5.41, 5.74) is 5.79. The van der Waals surface area contributed by atoms with Crippen molar-refractivity contribution in [3.8, 4) is 0 Å². The van der Waals surface area contributed by atoms with E-state index < -0.39 is 0 Å². The Hall–Kier alpha value is -0.710. The number of rotatable bonds is 1. The summed E-state index contributed by atoms with van der Waals surface area (Å²) in [5.74, 6) is 1.13. The van der Waals surface area contributed by atoms with Gasteiger partial charge in [0.2, 0.25) is 0 Å². The number of aromatic nitrogens is 1. The van der Waals surface area contributed by atoms with Gasteiger partial charge >= 0.3 is 0 Å². The summed E-state index contributed by atoms with van der Waals surface area (Å²) in [7, 11) is 0. The summed E-state index contributed by atoms with van der Waals surface area (Å²) in [6.07, 6.45) is 3.90. The van der Waals surface area contributed by atoms with E-state index in [0.29, 0.717) is 21.9 Å². The molecule has 1 aromatic rings. The molecule has 0 aromatic carbocycles. The van der Waals surface area contributed by atoms with Gasteiger partial charge in [0.1, 0.15) is 11.6 Å². The van der Waals surface area contributed by atoms with Crippen LogP contribution in [0.5, 0.6) is 0 Å². The Morgan fingerprint density at radius 3 is 2.84 bits per heavy atom. The topological polar surface area (TPSA) is 45.4 Å². The number of nitrogens with two attached hydrogens (primary N) is 1. The maximum atomic E-state index is 6.25. The number of pyridine rings is 1. The third-order valence-electron chi connectivity index (χ3n) is 4.07. The second-order valence-electron chi connectivity index (χ2n) is 5.29. The zero-order valence-electron chi connectivity index (χ0n) is 10.8. The first kappa shape index (κ1) is 13.3. The van der Waals surface area contributed by atoms with Crippen LogP contribution in [0.1, 0.15) is 19.3 Å². The highest BCUT2D eigenvalue weighted by Gasteiger charge is 2.30. The molecule has 104 valence electrons. The molecule has 6 heteroatoms. The Morgan fingerprint density at radius 1 is 1.16 bits per heavy atom. The molecule has 2 aliphatic heterocycles. The molecule has 1 unspecified atom stereocenters. The summed E-state index contributed by atoms with van der Waals surface area (Å²) >= 11 is 12.2. The van der Waals surface area contributed by atoms with Crippen LogP contribution in [0.4, 0.5) is 11.6 Å². The maximum Gasteiger partial charge on any atom is 0.150 e. The molecule has 4 nitrogen and oxygen atoms in total. The molecule has 2 saturated heterocycles. The fraction of sp³-hybridized carbons (Fsp3) is 0.615. The van der Waals surface area contributed by atoms with Crippen molar-refractivity contribution in [2.24, 2.45) is 0 Å². The van der Waals surface area contributed by atoms with Gasteiger partial charge in [-0.1, -0.05) is 29.6 Å². The summed E-state index contributed by atoms with van der Waals surface area (Å²) in [5, 5.41) is 1.01. The van der Waals surface area contributed by atoms with Crippen molar-refractivity contribution in [1.82, 2.24) is 9.88 Å². The van der Waals surface area contributed by atoms with Crippen LogP contribution in [0.2, 0.25) is 10.0 Å². The van der Waals surface area contributed by atoms with E-state index >= 15 is 0 Å². The largest absolute Gasteiger partial charge is 0.382 e. The molecule has 2 aliphatic rings. The van der Waals surface area contributed by atoms with Gasteiger partial charge in [-0.25, -0.2) is 4.98 Å². The molecule has 0 bridgehead atoms. The van der Waals surface area contributed by atoms with E-state index in [0.717, 1.165) is 25.5 Å². The van der Waals surface area contributed by atoms with Crippen molar-refractivity contribution in [1.29, 1.82) is 0 Å². The number of hydrogen-bond donors (Lipinski definition) is 1. The monoisotopic (exact) mass is 300 g/mol. The molecule has 0 amide bonds. The van der Waals surface area contributed by atoms with Crippen LogP contribution in [0.25, 0.3) is 0 Å². The van der Waals surface area contributed by atoms with Gasteiger partial charge in [-0.2, -0.15) is 0 Å². The van der Waals surface area contributed by atoms with Crippen molar-refractivity contribution in [3.63, 3.8) is 0 Å². The van der Waals surface area contributed by atoms with Crippen LogP contribution in [0.3, 0.4) is 0 Å². The quantitative estimate of drug-likeness (QED) is 0.866. The lowest BCUT2D eigenvalue weighted by atomic mass is 9.99. The number of hydrogen-bond acceptors (Lipinski definition) is 4. The van der Waals surface area contributed by atoms with Crippen LogP contribution in [-0.2, 0) is 0 Å². The van der Waals surface area contributed by atoms with Crippen molar-refractivity contribution >= 4 is 34.8 Å². The zero-order chi connectivity index (χ0) is 13.4. The first-order valence-electron chi connectivity index (χ1n) is 6.75. The number of piperazine rings is 1. The molecule has 0 saturated carbocycles. The maximum absolute atomic E-state index is 6.25. The summed E-state index contributed by atoms with van der Waals surface area (Å²) in [6, 6.07) is 2.31. The number of nitrogens with zero attached hydrogens (tertiary/aromatic N) is 3. The SMILES string of the molecule is Nc1nc(N2CCN3CCCCC3C2)c(Cl)cc1Cl. The highest BCUT2D eigenvalue weighted by atomic mass is 35.5. The van der Waals surface area contributed by atoms with Crippen molar-refractivity contribution in [3.05, 3.63) is 16.1 Å². The van der Waals surface area contributed by atoms with Crippen molar-refractivity contribution in [2.75, 3.05) is 36.8 Å². The average molecular weight is 301 g/mol. The van der Waals surface area contributed by atoms with E-state index in [1.807, 2.05) is 0 Å². The van der Waals surface area contributed by atoms with Crippen LogP contribution >= 0.6 is 23.2 Å². The van der Waals surface area contributed by atoms with E-state index in [2.05, 4.69) is 14.8 Å². The number of nitrogen functional groups attached to an aromatic ring is 1. The van der Waals surface area contributed by atoms with Gasteiger partial charge in [0.05, 0.1) is 10.0 Å². The molecule has 2 N–H and O–H groups in total. The third kappa shape index (κ3) is 2.62. The van der Waals surface area contributed by atoms with Gasteiger partial charge < -0.3 is 10.6 Å². The fourth-order valence-electron chi connectivity index (χ4n) is 3.04. The Morgan fingerprint density at radius 2 is 2.00 bits per heavy atom. The van der Waals surface area contributed by atoms with Gasteiger partial charge in [-0.15, -0.1) is 0 Å². The fourth-order valence-corrected chi connectivity index (χ4v) is 3.52. The van der Waals surface area contributed by atoms with Gasteiger partial charge in [0, 0.05) is 25.7 Å². The predicted molar refractivity (Wildman–Crippen MR) is 80.1 cm³/mol. The van der Waals surface area contributed by atoms with Gasteiger partial charge in [-0.3, -0.25) is 4.90 Å². The standard InChI is InChI=1S/C13H18Cl2N4/c14-10-7-11(15)13(17-12(10)16)19-6-5-18-4-2-1-3-9(18)8-19/h7,9H,1-6,8H2,(H2,16,17). The molecule has 19 heavy (non-hydrogen) atoms. The van der Waals surface area contributed by atoms with E-state index in [1.165, 1.54) is 25.8 Å². The zero-order valence-corrected chi connectivity index (χ0v) is 12.3. The Labute approximate surface area is 123 Å². The normalized spacial score (nSPS) is 24.3. The van der Waals surface area contributed by atoms with Crippen LogP contribution < -0.4 is 10.6 Å². The minimum atomic E-state index is 0.354. The van der Waals surface area contributed by atoms with E-state index in [4.69, 9.17) is 28.9 Å². The lowest BCUT2D eigenvalue weighted by Crippen LogP contribution is -2.55. The predicted octanol–water partition coefficient (Wildman–Crippen LogP) is 2.65. The molecule has 2 fully saturated rings. The highest BCUT2D eigenvalue weighted by Crippen LogP contribution is 2.32. The van der Waals surface area contributed by atoms with E-state index in [-0.39, 0.29) is 0 Å². The van der Waals surface area contributed by atoms with Crippen LogP contribution in [0, 0.1) is 0 Å². The summed E-state index contributed by atoms with van der Waals surface area (Å²) in [6.45, 7) is 4.23. The molecule has 1 aromatic heterocycles. The number of fused-ring (bicyclic) bond motifs is 1. The second kappa shape index (κ2) is 5.35. The Balaban J connectivity index is 1.81. The molecule has 0 radical (unpaired) electrons. The first-order valence-corrected chi connectivity index (χ1v) is 7.51. The number of anilines is 2. The molecule has 1 atom stereocenters. The second-order valence-corrected chi connectivity index (χ2v) is 6.11. The molecular formula is C13H18Cl2N4. The third-order valence-corrected chi connectivity index (χ3v) is 4.66. The molecule has 3 rings (SSSR count). The Bertz CT molecular complexity index is 480. The van der Waals surface area contributed by atoms with E-state index in [1.54, 1.807) is 6.07 Å². The smallest absolute Gasteiger partial charge is 0.150 e.